The highest BCUT2D eigenvalue weighted by atomic mass is 16.2. The summed E-state index contributed by atoms with van der Waals surface area (Å²) in [4.78, 5) is 22.0. The van der Waals surface area contributed by atoms with Crippen LogP contribution in [0.15, 0.2) is 12.4 Å². The fourth-order valence-electron chi connectivity index (χ4n) is 1.09. The molecule has 1 unspecified atom stereocenters. The van der Waals surface area contributed by atoms with Gasteiger partial charge in [0.1, 0.15) is 6.54 Å². The van der Waals surface area contributed by atoms with E-state index >= 15 is 0 Å². The Morgan fingerprint density at radius 3 is 2.88 bits per heavy atom. The van der Waals surface area contributed by atoms with Crippen LogP contribution in [-0.2, 0) is 16.1 Å². The van der Waals surface area contributed by atoms with E-state index < -0.39 is 11.9 Å². The van der Waals surface area contributed by atoms with Crippen molar-refractivity contribution in [2.45, 2.75) is 25.9 Å². The zero-order valence-electron chi connectivity index (χ0n) is 9.01. The predicted molar refractivity (Wildman–Crippen MR) is 58.3 cm³/mol. The van der Waals surface area contributed by atoms with Gasteiger partial charge in [0.25, 0.3) is 0 Å². The van der Waals surface area contributed by atoms with Crippen LogP contribution in [-0.4, -0.2) is 27.6 Å². The number of anilines is 1. The van der Waals surface area contributed by atoms with Gasteiger partial charge in [-0.1, -0.05) is 6.92 Å². The van der Waals surface area contributed by atoms with E-state index in [9.17, 15) is 9.59 Å². The normalized spacial score (nSPS) is 12.1. The fraction of sp³-hybridized carbons (Fsp3) is 0.444. The quantitative estimate of drug-likeness (QED) is 0.598. The molecule has 0 bridgehead atoms. The molecule has 0 fully saturated rings. The molecule has 7 heteroatoms. The van der Waals surface area contributed by atoms with Crippen molar-refractivity contribution in [3.8, 4) is 0 Å². The zero-order chi connectivity index (χ0) is 12.1. The highest BCUT2D eigenvalue weighted by Crippen LogP contribution is 2.05. The Kier molecular flexibility index (Phi) is 4.01. The lowest BCUT2D eigenvalue weighted by molar-refractivity contribution is -0.119. The third-order valence-electron chi connectivity index (χ3n) is 2.00. The van der Waals surface area contributed by atoms with Gasteiger partial charge in [0, 0.05) is 6.20 Å². The summed E-state index contributed by atoms with van der Waals surface area (Å²) in [5, 5.41) is 6.44. The molecule has 0 radical (unpaired) electrons. The molecular formula is C9H15N5O2. The molecule has 0 saturated heterocycles. The summed E-state index contributed by atoms with van der Waals surface area (Å²) in [6.45, 7) is 1.80. The lowest BCUT2D eigenvalue weighted by Gasteiger charge is -2.07. The summed E-state index contributed by atoms with van der Waals surface area (Å²) in [6, 6.07) is -0.542. The highest BCUT2D eigenvalue weighted by molar-refractivity contribution is 5.94. The molecule has 0 aliphatic carbocycles. The Morgan fingerprint density at radius 1 is 1.62 bits per heavy atom. The van der Waals surface area contributed by atoms with Crippen molar-refractivity contribution in [1.29, 1.82) is 0 Å². The molecule has 1 aromatic rings. The van der Waals surface area contributed by atoms with Gasteiger partial charge in [-0.3, -0.25) is 14.3 Å². The maximum atomic E-state index is 11.4. The van der Waals surface area contributed by atoms with E-state index in [4.69, 9.17) is 11.5 Å². The number of nitrogens with one attached hydrogen (secondary N) is 1. The van der Waals surface area contributed by atoms with Gasteiger partial charge < -0.3 is 16.8 Å². The summed E-state index contributed by atoms with van der Waals surface area (Å²) in [7, 11) is 0. The third-order valence-corrected chi connectivity index (χ3v) is 2.00. The van der Waals surface area contributed by atoms with E-state index in [1.54, 1.807) is 0 Å². The molecule has 0 aliphatic heterocycles. The largest absolute Gasteiger partial charge is 0.368 e. The molecule has 1 heterocycles. The molecule has 1 aromatic heterocycles. The maximum absolute atomic E-state index is 11.4. The van der Waals surface area contributed by atoms with Crippen molar-refractivity contribution in [3.63, 3.8) is 0 Å². The van der Waals surface area contributed by atoms with Crippen molar-refractivity contribution in [2.75, 3.05) is 5.32 Å². The van der Waals surface area contributed by atoms with E-state index in [0.29, 0.717) is 12.1 Å². The summed E-state index contributed by atoms with van der Waals surface area (Å²) in [5.74, 6) is -0.771. The summed E-state index contributed by atoms with van der Waals surface area (Å²) in [5.41, 5.74) is 11.0. The molecule has 0 saturated carbocycles. The number of carbonyl (C=O) groups excluding carboxylic acids is 2. The lowest BCUT2D eigenvalue weighted by Crippen LogP contribution is -2.34. The minimum atomic E-state index is -0.542. The van der Waals surface area contributed by atoms with Gasteiger partial charge in [-0.15, -0.1) is 0 Å². The second-order valence-corrected chi connectivity index (χ2v) is 3.40. The van der Waals surface area contributed by atoms with Crippen LogP contribution in [0.1, 0.15) is 13.3 Å². The molecule has 16 heavy (non-hydrogen) atoms. The molecule has 2 amide bonds. The van der Waals surface area contributed by atoms with Gasteiger partial charge in [-0.05, 0) is 6.42 Å². The molecule has 1 atom stereocenters. The van der Waals surface area contributed by atoms with Crippen molar-refractivity contribution in [2.24, 2.45) is 11.5 Å². The van der Waals surface area contributed by atoms with E-state index in [-0.39, 0.29) is 12.5 Å². The van der Waals surface area contributed by atoms with Crippen molar-refractivity contribution < 1.29 is 9.59 Å². The number of nitrogens with zero attached hydrogens (tertiary/aromatic N) is 2. The summed E-state index contributed by atoms with van der Waals surface area (Å²) >= 11 is 0. The van der Waals surface area contributed by atoms with Crippen LogP contribution in [0.2, 0.25) is 0 Å². The van der Waals surface area contributed by atoms with E-state index in [2.05, 4.69) is 10.4 Å². The van der Waals surface area contributed by atoms with Crippen LogP contribution in [0.4, 0.5) is 5.69 Å². The number of hydrogen-bond donors (Lipinski definition) is 3. The monoisotopic (exact) mass is 225 g/mol. The average Bonchev–Trinajstić information content (AvgIpc) is 2.63. The van der Waals surface area contributed by atoms with Gasteiger partial charge in [0.05, 0.1) is 17.9 Å². The number of amides is 2. The first-order valence-corrected chi connectivity index (χ1v) is 4.90. The van der Waals surface area contributed by atoms with Crippen molar-refractivity contribution in [3.05, 3.63) is 12.4 Å². The van der Waals surface area contributed by atoms with Crippen molar-refractivity contribution >= 4 is 17.5 Å². The Morgan fingerprint density at radius 2 is 2.31 bits per heavy atom. The summed E-state index contributed by atoms with van der Waals surface area (Å²) in [6.07, 6.45) is 3.51. The fourth-order valence-corrected chi connectivity index (χ4v) is 1.09. The third kappa shape index (κ3) is 3.35. The van der Waals surface area contributed by atoms with Gasteiger partial charge in [-0.25, -0.2) is 0 Å². The van der Waals surface area contributed by atoms with E-state index in [1.165, 1.54) is 17.1 Å². The molecular weight excluding hydrogens is 210 g/mol. The molecule has 7 nitrogen and oxygen atoms in total. The highest BCUT2D eigenvalue weighted by Gasteiger charge is 2.11. The Balaban J connectivity index is 2.58. The molecule has 0 spiro atoms. The zero-order valence-corrected chi connectivity index (χ0v) is 9.01. The minimum absolute atomic E-state index is 0.0182. The van der Waals surface area contributed by atoms with Gasteiger partial charge in [0.2, 0.25) is 11.8 Å². The predicted octanol–water partition coefficient (Wildman–Crippen LogP) is -0.956. The van der Waals surface area contributed by atoms with Crippen molar-refractivity contribution in [1.82, 2.24) is 9.78 Å². The first kappa shape index (κ1) is 12.2. The molecule has 0 aromatic carbocycles. The van der Waals surface area contributed by atoms with E-state index in [0.717, 1.165) is 0 Å². The van der Waals surface area contributed by atoms with Gasteiger partial charge in [0.15, 0.2) is 0 Å². The second-order valence-electron chi connectivity index (χ2n) is 3.40. The van der Waals surface area contributed by atoms with Crippen LogP contribution in [0.25, 0.3) is 0 Å². The van der Waals surface area contributed by atoms with Gasteiger partial charge in [-0.2, -0.15) is 5.10 Å². The SMILES string of the molecule is CCC(N)C(=O)Nc1cnn(CC(N)=O)c1. The smallest absolute Gasteiger partial charge is 0.241 e. The maximum Gasteiger partial charge on any atom is 0.241 e. The summed E-state index contributed by atoms with van der Waals surface area (Å²) < 4.78 is 1.34. The molecule has 1 rings (SSSR count). The number of aromatic nitrogens is 2. The Bertz CT molecular complexity index is 387. The lowest BCUT2D eigenvalue weighted by atomic mass is 10.2. The first-order chi connectivity index (χ1) is 7.52. The van der Waals surface area contributed by atoms with Crippen LogP contribution < -0.4 is 16.8 Å². The first-order valence-electron chi connectivity index (χ1n) is 4.90. The molecule has 88 valence electrons. The van der Waals surface area contributed by atoms with Gasteiger partial charge >= 0.3 is 0 Å². The Hall–Kier alpha value is -1.89. The minimum Gasteiger partial charge on any atom is -0.368 e. The topological polar surface area (TPSA) is 116 Å². The number of hydrogen-bond acceptors (Lipinski definition) is 4. The number of rotatable bonds is 5. The standard InChI is InChI=1S/C9H15N5O2/c1-2-7(10)9(16)13-6-3-12-14(4-6)5-8(11)15/h3-4,7H,2,5,10H2,1H3,(H2,11,15)(H,13,16). The molecule has 0 aliphatic rings. The average molecular weight is 225 g/mol. The number of primary amides is 1. The van der Waals surface area contributed by atoms with E-state index in [1.807, 2.05) is 6.92 Å². The van der Waals surface area contributed by atoms with Crippen LogP contribution in [0, 0.1) is 0 Å². The van der Waals surface area contributed by atoms with Crippen LogP contribution in [0.5, 0.6) is 0 Å². The molecule has 5 N–H and O–H groups in total. The van der Waals surface area contributed by atoms with Crippen LogP contribution >= 0.6 is 0 Å². The number of carbonyl (C=O) groups is 2. The second kappa shape index (κ2) is 5.26. The Labute approximate surface area is 92.8 Å². The van der Waals surface area contributed by atoms with Crippen LogP contribution in [0.3, 0.4) is 0 Å². The number of nitrogens with two attached hydrogens (primary N) is 2.